The highest BCUT2D eigenvalue weighted by Gasteiger charge is 2.19. The van der Waals surface area contributed by atoms with E-state index in [0.717, 1.165) is 53.4 Å². The van der Waals surface area contributed by atoms with Gasteiger partial charge >= 0.3 is 0 Å². The molecule has 2 aromatic rings. The van der Waals surface area contributed by atoms with E-state index in [1.54, 1.807) is 11.3 Å². The van der Waals surface area contributed by atoms with E-state index in [0.29, 0.717) is 0 Å². The zero-order valence-electron chi connectivity index (χ0n) is 11.2. The number of nitrogens with zero attached hydrogens (tertiary/aromatic N) is 2. The quantitative estimate of drug-likeness (QED) is 0.790. The normalized spacial score (nSPS) is 15.0. The van der Waals surface area contributed by atoms with Gasteiger partial charge in [-0.05, 0) is 37.9 Å². The summed E-state index contributed by atoms with van der Waals surface area (Å²) in [6.45, 7) is 3.17. The van der Waals surface area contributed by atoms with E-state index in [-0.39, 0.29) is 0 Å². The van der Waals surface area contributed by atoms with E-state index < -0.39 is 0 Å². The molecule has 1 fully saturated rings. The minimum absolute atomic E-state index is 0.792. The van der Waals surface area contributed by atoms with Gasteiger partial charge < -0.3 is 9.73 Å². The number of furan rings is 1. The summed E-state index contributed by atoms with van der Waals surface area (Å²) in [7, 11) is 0. The van der Waals surface area contributed by atoms with Crippen LogP contribution in [0.15, 0.2) is 16.5 Å². The highest BCUT2D eigenvalue weighted by molar-refractivity contribution is 7.14. The van der Waals surface area contributed by atoms with E-state index in [2.05, 4.69) is 22.4 Å². The van der Waals surface area contributed by atoms with Crippen molar-refractivity contribution in [2.45, 2.75) is 45.1 Å². The summed E-state index contributed by atoms with van der Waals surface area (Å²) in [5.41, 5.74) is 0. The Kier molecular flexibility index (Phi) is 3.94. The molecule has 1 N–H and O–H groups in total. The van der Waals surface area contributed by atoms with E-state index in [9.17, 15) is 0 Å². The van der Waals surface area contributed by atoms with Gasteiger partial charge in [0.2, 0.25) is 0 Å². The molecule has 0 atom stereocenters. The van der Waals surface area contributed by atoms with Crippen LogP contribution in [0.3, 0.4) is 0 Å². The molecule has 0 saturated heterocycles. The van der Waals surface area contributed by atoms with Crippen molar-refractivity contribution in [1.82, 2.24) is 15.5 Å². The van der Waals surface area contributed by atoms with Crippen molar-refractivity contribution < 1.29 is 4.42 Å². The average Bonchev–Trinajstić information content (AvgIpc) is 2.94. The summed E-state index contributed by atoms with van der Waals surface area (Å²) in [5, 5.41) is 14.0. The first-order valence-electron chi connectivity index (χ1n) is 7.00. The molecule has 0 radical (unpaired) electrons. The summed E-state index contributed by atoms with van der Waals surface area (Å²) in [6, 6.07) is 4.79. The molecule has 1 saturated carbocycles. The fourth-order valence-corrected chi connectivity index (χ4v) is 2.81. The van der Waals surface area contributed by atoms with Crippen LogP contribution >= 0.6 is 11.3 Å². The van der Waals surface area contributed by atoms with E-state index in [1.165, 1.54) is 12.8 Å². The van der Waals surface area contributed by atoms with Crippen molar-refractivity contribution in [1.29, 1.82) is 0 Å². The van der Waals surface area contributed by atoms with Gasteiger partial charge in [-0.15, -0.1) is 10.2 Å². The maximum absolute atomic E-state index is 5.69. The average molecular weight is 277 g/mol. The van der Waals surface area contributed by atoms with Crippen molar-refractivity contribution in [3.63, 3.8) is 0 Å². The van der Waals surface area contributed by atoms with Crippen LogP contribution in [-0.4, -0.2) is 22.8 Å². The van der Waals surface area contributed by atoms with Crippen LogP contribution in [0.4, 0.5) is 0 Å². The summed E-state index contributed by atoms with van der Waals surface area (Å²) in [6.07, 6.45) is 5.74. The second kappa shape index (κ2) is 5.84. The number of hydrogen-bond donors (Lipinski definition) is 1. The highest BCUT2D eigenvalue weighted by Crippen LogP contribution is 2.26. The Morgan fingerprint density at radius 1 is 1.37 bits per heavy atom. The summed E-state index contributed by atoms with van der Waals surface area (Å²) in [4.78, 5) is 0. The molecule has 102 valence electrons. The molecule has 0 spiro atoms. The molecule has 0 aromatic carbocycles. The Labute approximate surface area is 117 Å². The Balaban J connectivity index is 1.52. The van der Waals surface area contributed by atoms with Gasteiger partial charge in [0, 0.05) is 18.9 Å². The number of aromatic nitrogens is 2. The molecule has 1 aliphatic rings. The molecule has 3 rings (SSSR count). The fourth-order valence-electron chi connectivity index (χ4n) is 1.97. The maximum Gasteiger partial charge on any atom is 0.183 e. The summed E-state index contributed by atoms with van der Waals surface area (Å²) in [5.74, 6) is 1.84. The van der Waals surface area contributed by atoms with Gasteiger partial charge in [-0.1, -0.05) is 18.3 Å². The summed E-state index contributed by atoms with van der Waals surface area (Å²) < 4.78 is 5.69. The Morgan fingerprint density at radius 3 is 3.00 bits per heavy atom. The zero-order valence-corrected chi connectivity index (χ0v) is 12.0. The Bertz CT molecular complexity index is 530. The van der Waals surface area contributed by atoms with E-state index >= 15 is 0 Å². The highest BCUT2D eigenvalue weighted by atomic mass is 32.1. The molecular weight excluding hydrogens is 258 g/mol. The number of aryl methyl sites for hydroxylation is 2. The third kappa shape index (κ3) is 3.42. The third-order valence-electron chi connectivity index (χ3n) is 3.27. The molecule has 2 heterocycles. The lowest BCUT2D eigenvalue weighted by atomic mass is 10.3. The largest absolute Gasteiger partial charge is 0.459 e. The van der Waals surface area contributed by atoms with Crippen LogP contribution in [0.25, 0.3) is 10.8 Å². The minimum atomic E-state index is 0.792. The number of hydrogen-bond acceptors (Lipinski definition) is 5. The molecule has 19 heavy (non-hydrogen) atoms. The second-order valence-corrected chi connectivity index (χ2v) is 6.01. The minimum Gasteiger partial charge on any atom is -0.459 e. The predicted molar refractivity (Wildman–Crippen MR) is 76.3 cm³/mol. The predicted octanol–water partition coefficient (Wildman–Crippen LogP) is 3.05. The lowest BCUT2D eigenvalue weighted by molar-refractivity contribution is 0.528. The van der Waals surface area contributed by atoms with Crippen LogP contribution < -0.4 is 5.32 Å². The van der Waals surface area contributed by atoms with Crippen LogP contribution in [0, 0.1) is 0 Å². The zero-order chi connectivity index (χ0) is 13.1. The number of nitrogens with one attached hydrogen (secondary N) is 1. The monoisotopic (exact) mass is 277 g/mol. The van der Waals surface area contributed by atoms with Crippen molar-refractivity contribution in [2.24, 2.45) is 0 Å². The first-order chi connectivity index (χ1) is 9.35. The standard InChI is InChI=1S/C14H19N3OS/c1-2-11-7-8-12(18-11)14-17-16-13(19-14)4-3-9-15-10-5-6-10/h7-8,10,15H,2-6,9H2,1H3. The molecule has 0 bridgehead atoms. The molecule has 4 nitrogen and oxygen atoms in total. The molecular formula is C14H19N3OS. The van der Waals surface area contributed by atoms with Gasteiger partial charge in [0.1, 0.15) is 10.8 Å². The molecule has 2 aromatic heterocycles. The van der Waals surface area contributed by atoms with Crippen molar-refractivity contribution in [3.8, 4) is 10.8 Å². The van der Waals surface area contributed by atoms with Crippen molar-refractivity contribution >= 4 is 11.3 Å². The number of rotatable bonds is 7. The van der Waals surface area contributed by atoms with E-state index in [4.69, 9.17) is 4.42 Å². The molecule has 0 amide bonds. The smallest absolute Gasteiger partial charge is 0.183 e. The van der Waals surface area contributed by atoms with E-state index in [1.807, 2.05) is 12.1 Å². The van der Waals surface area contributed by atoms with Crippen molar-refractivity contribution in [2.75, 3.05) is 6.54 Å². The second-order valence-electron chi connectivity index (χ2n) is 4.95. The van der Waals surface area contributed by atoms with Gasteiger partial charge in [0.25, 0.3) is 0 Å². The summed E-state index contributed by atoms with van der Waals surface area (Å²) >= 11 is 1.64. The van der Waals surface area contributed by atoms with Crippen LogP contribution in [0.2, 0.25) is 0 Å². The van der Waals surface area contributed by atoms with Crippen LogP contribution in [0.5, 0.6) is 0 Å². The fraction of sp³-hybridized carbons (Fsp3) is 0.571. The lowest BCUT2D eigenvalue weighted by Crippen LogP contribution is -2.17. The molecule has 0 aliphatic heterocycles. The molecule has 1 aliphatic carbocycles. The topological polar surface area (TPSA) is 51.0 Å². The van der Waals surface area contributed by atoms with Crippen molar-refractivity contribution in [3.05, 3.63) is 22.9 Å². The van der Waals surface area contributed by atoms with Gasteiger partial charge in [-0.3, -0.25) is 0 Å². The molecule has 0 unspecified atom stereocenters. The van der Waals surface area contributed by atoms with Gasteiger partial charge in [0.15, 0.2) is 10.8 Å². The SMILES string of the molecule is CCc1ccc(-c2nnc(CCCNC3CC3)s2)o1. The molecule has 5 heteroatoms. The van der Waals surface area contributed by atoms with Crippen LogP contribution in [-0.2, 0) is 12.8 Å². The first-order valence-corrected chi connectivity index (χ1v) is 7.81. The third-order valence-corrected chi connectivity index (χ3v) is 4.26. The van der Waals surface area contributed by atoms with Gasteiger partial charge in [0.05, 0.1) is 0 Å². The van der Waals surface area contributed by atoms with Crippen LogP contribution in [0.1, 0.15) is 37.0 Å². The lowest BCUT2D eigenvalue weighted by Gasteiger charge is -1.99. The van der Waals surface area contributed by atoms with Gasteiger partial charge in [-0.25, -0.2) is 0 Å². The maximum atomic E-state index is 5.69. The Morgan fingerprint density at radius 2 is 2.26 bits per heavy atom. The van der Waals surface area contributed by atoms with Gasteiger partial charge in [-0.2, -0.15) is 0 Å². The Hall–Kier alpha value is -1.20. The first kappa shape index (κ1) is 12.8.